The van der Waals surface area contributed by atoms with E-state index in [4.69, 9.17) is 16.3 Å². The van der Waals surface area contributed by atoms with Crippen LogP contribution in [0.15, 0.2) is 6.33 Å². The summed E-state index contributed by atoms with van der Waals surface area (Å²) in [5.41, 5.74) is 1.01. The molecule has 1 aromatic rings. The predicted molar refractivity (Wildman–Crippen MR) is 73.6 cm³/mol. The van der Waals surface area contributed by atoms with Crippen LogP contribution in [0.3, 0.4) is 0 Å². The molecular formula is C13H20ClN3O. The van der Waals surface area contributed by atoms with Crippen LogP contribution in [0.1, 0.15) is 25.8 Å². The highest BCUT2D eigenvalue weighted by atomic mass is 35.5. The zero-order chi connectivity index (χ0) is 13.1. The molecule has 100 valence electrons. The summed E-state index contributed by atoms with van der Waals surface area (Å²) < 4.78 is 5.51. The Hall–Kier alpha value is -1.03. The molecule has 0 aliphatic carbocycles. The summed E-state index contributed by atoms with van der Waals surface area (Å²) in [7, 11) is 0. The number of aromatic nitrogens is 2. The number of nitrogens with zero attached hydrogens (tertiary/aromatic N) is 3. The van der Waals surface area contributed by atoms with E-state index in [1.54, 1.807) is 6.33 Å². The number of alkyl halides is 1. The van der Waals surface area contributed by atoms with Gasteiger partial charge in [0, 0.05) is 18.5 Å². The van der Waals surface area contributed by atoms with Gasteiger partial charge in [0.25, 0.3) is 0 Å². The fraction of sp³-hybridized carbons (Fsp3) is 0.692. The first-order valence-electron chi connectivity index (χ1n) is 6.46. The Bertz CT molecular complexity index is 413. The van der Waals surface area contributed by atoms with Gasteiger partial charge in [-0.05, 0) is 26.2 Å². The lowest BCUT2D eigenvalue weighted by molar-refractivity contribution is 0.323. The maximum atomic E-state index is 6.26. The summed E-state index contributed by atoms with van der Waals surface area (Å²) in [6, 6.07) is 0. The topological polar surface area (TPSA) is 38.3 Å². The minimum absolute atomic E-state index is 0.273. The molecule has 1 aromatic heterocycles. The Morgan fingerprint density at radius 2 is 2.28 bits per heavy atom. The lowest BCUT2D eigenvalue weighted by Crippen LogP contribution is -2.40. The van der Waals surface area contributed by atoms with Crippen LogP contribution < -0.4 is 9.64 Å². The molecule has 1 aliphatic rings. The van der Waals surface area contributed by atoms with Crippen LogP contribution in [-0.4, -0.2) is 35.0 Å². The molecule has 1 fully saturated rings. The predicted octanol–water partition coefficient (Wildman–Crippen LogP) is 2.64. The first-order chi connectivity index (χ1) is 8.63. The van der Waals surface area contributed by atoms with Gasteiger partial charge in [0.2, 0.25) is 5.88 Å². The minimum atomic E-state index is 0.273. The van der Waals surface area contributed by atoms with E-state index in [0.717, 1.165) is 30.9 Å². The monoisotopic (exact) mass is 269 g/mol. The van der Waals surface area contributed by atoms with E-state index in [-0.39, 0.29) is 5.38 Å². The van der Waals surface area contributed by atoms with Crippen molar-refractivity contribution in [3.63, 3.8) is 0 Å². The summed E-state index contributed by atoms with van der Waals surface area (Å²) in [6.45, 7) is 8.67. The lowest BCUT2D eigenvalue weighted by atomic mass is 9.99. The van der Waals surface area contributed by atoms with Gasteiger partial charge in [0.1, 0.15) is 12.1 Å². The number of hydrogen-bond donors (Lipinski definition) is 0. The van der Waals surface area contributed by atoms with Crippen LogP contribution in [0.5, 0.6) is 5.88 Å². The SMILES string of the molecule is CCOc1ncnc(N2CCC(Cl)C(C)C2)c1C. The third-order valence-electron chi connectivity index (χ3n) is 3.39. The Labute approximate surface area is 113 Å². The highest BCUT2D eigenvalue weighted by Crippen LogP contribution is 2.29. The molecule has 2 atom stereocenters. The van der Waals surface area contributed by atoms with Gasteiger partial charge in [0.15, 0.2) is 0 Å². The molecule has 0 saturated carbocycles. The maximum Gasteiger partial charge on any atom is 0.221 e. The summed E-state index contributed by atoms with van der Waals surface area (Å²) in [4.78, 5) is 10.8. The van der Waals surface area contributed by atoms with Crippen molar-refractivity contribution in [2.75, 3.05) is 24.6 Å². The van der Waals surface area contributed by atoms with E-state index >= 15 is 0 Å². The Kier molecular flexibility index (Phi) is 4.27. The number of hydrogen-bond acceptors (Lipinski definition) is 4. The molecule has 0 N–H and O–H groups in total. The average molecular weight is 270 g/mol. The standard InChI is InChI=1S/C13H20ClN3O/c1-4-18-13-10(3)12(15-8-16-13)17-6-5-11(14)9(2)7-17/h8-9,11H,4-7H2,1-3H3. The lowest BCUT2D eigenvalue weighted by Gasteiger charge is -2.35. The van der Waals surface area contributed by atoms with Gasteiger partial charge in [-0.3, -0.25) is 0 Å². The number of anilines is 1. The second kappa shape index (κ2) is 5.74. The quantitative estimate of drug-likeness (QED) is 0.791. The van der Waals surface area contributed by atoms with E-state index < -0.39 is 0 Å². The highest BCUT2D eigenvalue weighted by molar-refractivity contribution is 6.20. The van der Waals surface area contributed by atoms with Crippen molar-refractivity contribution in [2.45, 2.75) is 32.6 Å². The van der Waals surface area contributed by atoms with E-state index in [1.807, 2.05) is 13.8 Å². The molecule has 0 aromatic carbocycles. The third-order valence-corrected chi connectivity index (χ3v) is 4.04. The molecule has 2 heterocycles. The Balaban J connectivity index is 2.20. The van der Waals surface area contributed by atoms with E-state index in [2.05, 4.69) is 21.8 Å². The molecule has 0 amide bonds. The number of piperidine rings is 1. The fourth-order valence-corrected chi connectivity index (χ4v) is 2.51. The molecular weight excluding hydrogens is 250 g/mol. The van der Waals surface area contributed by atoms with Crippen molar-refractivity contribution in [1.82, 2.24) is 9.97 Å². The molecule has 0 bridgehead atoms. The van der Waals surface area contributed by atoms with Gasteiger partial charge in [-0.1, -0.05) is 6.92 Å². The molecule has 1 saturated heterocycles. The van der Waals surface area contributed by atoms with Gasteiger partial charge in [0.05, 0.1) is 12.2 Å². The molecule has 18 heavy (non-hydrogen) atoms. The zero-order valence-electron chi connectivity index (χ0n) is 11.2. The highest BCUT2D eigenvalue weighted by Gasteiger charge is 2.26. The molecule has 1 aliphatic heterocycles. The van der Waals surface area contributed by atoms with Gasteiger partial charge in [-0.2, -0.15) is 0 Å². The van der Waals surface area contributed by atoms with E-state index in [9.17, 15) is 0 Å². The van der Waals surface area contributed by atoms with Gasteiger partial charge >= 0.3 is 0 Å². The Morgan fingerprint density at radius 1 is 1.50 bits per heavy atom. The minimum Gasteiger partial charge on any atom is -0.478 e. The van der Waals surface area contributed by atoms with Crippen LogP contribution >= 0.6 is 11.6 Å². The number of halogens is 1. The van der Waals surface area contributed by atoms with Crippen molar-refractivity contribution in [2.24, 2.45) is 5.92 Å². The van der Waals surface area contributed by atoms with Gasteiger partial charge in [-0.25, -0.2) is 9.97 Å². The van der Waals surface area contributed by atoms with Crippen molar-refractivity contribution in [3.8, 4) is 5.88 Å². The fourth-order valence-electron chi connectivity index (χ4n) is 2.34. The van der Waals surface area contributed by atoms with Crippen LogP contribution in [0.2, 0.25) is 0 Å². The van der Waals surface area contributed by atoms with E-state index in [0.29, 0.717) is 18.4 Å². The normalized spacial score (nSPS) is 24.1. The number of ether oxygens (including phenoxy) is 1. The first kappa shape index (κ1) is 13.4. The zero-order valence-corrected chi connectivity index (χ0v) is 11.9. The van der Waals surface area contributed by atoms with Gasteiger partial charge in [-0.15, -0.1) is 11.6 Å². The second-order valence-electron chi connectivity index (χ2n) is 4.79. The van der Waals surface area contributed by atoms with Crippen molar-refractivity contribution < 1.29 is 4.74 Å². The van der Waals surface area contributed by atoms with Crippen LogP contribution in [0.25, 0.3) is 0 Å². The molecule has 0 radical (unpaired) electrons. The smallest absolute Gasteiger partial charge is 0.221 e. The van der Waals surface area contributed by atoms with Crippen LogP contribution in [0, 0.1) is 12.8 Å². The number of rotatable bonds is 3. The maximum absolute atomic E-state index is 6.26. The second-order valence-corrected chi connectivity index (χ2v) is 5.35. The van der Waals surface area contributed by atoms with Crippen molar-refractivity contribution >= 4 is 17.4 Å². The molecule has 2 unspecified atom stereocenters. The molecule has 5 heteroatoms. The molecule has 2 rings (SSSR count). The van der Waals surface area contributed by atoms with Gasteiger partial charge < -0.3 is 9.64 Å². The van der Waals surface area contributed by atoms with Crippen molar-refractivity contribution in [3.05, 3.63) is 11.9 Å². The largest absolute Gasteiger partial charge is 0.478 e. The van der Waals surface area contributed by atoms with Crippen LogP contribution in [-0.2, 0) is 0 Å². The third kappa shape index (κ3) is 2.69. The van der Waals surface area contributed by atoms with Crippen LogP contribution in [0.4, 0.5) is 5.82 Å². The summed E-state index contributed by atoms with van der Waals surface area (Å²) in [5.74, 6) is 2.14. The molecule has 0 spiro atoms. The summed E-state index contributed by atoms with van der Waals surface area (Å²) in [6.07, 6.45) is 2.57. The molecule has 4 nitrogen and oxygen atoms in total. The average Bonchev–Trinajstić information content (AvgIpc) is 2.36. The first-order valence-corrected chi connectivity index (χ1v) is 6.90. The Morgan fingerprint density at radius 3 is 2.94 bits per heavy atom. The summed E-state index contributed by atoms with van der Waals surface area (Å²) >= 11 is 6.26. The summed E-state index contributed by atoms with van der Waals surface area (Å²) in [5, 5.41) is 0.273. The van der Waals surface area contributed by atoms with E-state index in [1.165, 1.54) is 0 Å². The van der Waals surface area contributed by atoms with Crippen molar-refractivity contribution in [1.29, 1.82) is 0 Å².